The molecule has 0 aliphatic carbocycles. The van der Waals surface area contributed by atoms with Crippen molar-refractivity contribution < 1.29 is 23.8 Å². The molecular formula is C23H25NO5. The lowest BCUT2D eigenvalue weighted by atomic mass is 9.73. The molecule has 0 bridgehead atoms. The number of benzene rings is 2. The molecule has 2 aliphatic heterocycles. The third-order valence-corrected chi connectivity index (χ3v) is 6.11. The minimum absolute atomic E-state index is 0.114. The molecule has 1 amide bonds. The molecule has 29 heavy (non-hydrogen) atoms. The summed E-state index contributed by atoms with van der Waals surface area (Å²) in [5, 5.41) is 0. The van der Waals surface area contributed by atoms with E-state index in [0.717, 1.165) is 16.7 Å². The molecule has 0 unspecified atom stereocenters. The summed E-state index contributed by atoms with van der Waals surface area (Å²) in [7, 11) is 4.57. The van der Waals surface area contributed by atoms with E-state index in [9.17, 15) is 9.59 Å². The third-order valence-electron chi connectivity index (χ3n) is 6.11. The maximum atomic E-state index is 13.4. The first-order valence-corrected chi connectivity index (χ1v) is 9.77. The fraction of sp³-hybridized carbons (Fsp3) is 0.391. The summed E-state index contributed by atoms with van der Waals surface area (Å²) in [6, 6.07) is 13.6. The number of carbonyl (C=O) groups excluding carboxylic acids is 2. The summed E-state index contributed by atoms with van der Waals surface area (Å²) in [4.78, 5) is 27.8. The van der Waals surface area contributed by atoms with Crippen LogP contribution in [0.5, 0.6) is 11.5 Å². The quantitative estimate of drug-likeness (QED) is 0.588. The molecule has 152 valence electrons. The number of methoxy groups -OCH3 is 3. The van der Waals surface area contributed by atoms with Gasteiger partial charge in [-0.25, -0.2) is 0 Å². The Morgan fingerprint density at radius 2 is 1.72 bits per heavy atom. The summed E-state index contributed by atoms with van der Waals surface area (Å²) >= 11 is 0. The Kier molecular flexibility index (Phi) is 5.18. The first-order valence-electron chi connectivity index (χ1n) is 9.77. The second-order valence-corrected chi connectivity index (χ2v) is 7.46. The van der Waals surface area contributed by atoms with Gasteiger partial charge in [0.1, 0.15) is 5.92 Å². The number of carbonyl (C=O) groups is 2. The number of esters is 1. The van der Waals surface area contributed by atoms with Gasteiger partial charge in [0.15, 0.2) is 11.5 Å². The van der Waals surface area contributed by atoms with Gasteiger partial charge < -0.3 is 19.1 Å². The fourth-order valence-electron chi connectivity index (χ4n) is 4.69. The molecule has 2 aliphatic rings. The summed E-state index contributed by atoms with van der Waals surface area (Å²) in [5.74, 6) is -0.361. The maximum absolute atomic E-state index is 13.4. The van der Waals surface area contributed by atoms with Crippen LogP contribution in [0.1, 0.15) is 35.1 Å². The number of fused-ring (bicyclic) bond motifs is 3. The molecule has 4 rings (SSSR count). The Labute approximate surface area is 170 Å². The highest BCUT2D eigenvalue weighted by Crippen LogP contribution is 2.48. The lowest BCUT2D eigenvalue weighted by Gasteiger charge is -2.46. The van der Waals surface area contributed by atoms with Gasteiger partial charge in [0.25, 0.3) is 0 Å². The van der Waals surface area contributed by atoms with Gasteiger partial charge in [0, 0.05) is 12.5 Å². The zero-order chi connectivity index (χ0) is 20.5. The fourth-order valence-corrected chi connectivity index (χ4v) is 4.69. The van der Waals surface area contributed by atoms with Crippen molar-refractivity contribution >= 4 is 11.9 Å². The third kappa shape index (κ3) is 3.22. The van der Waals surface area contributed by atoms with Crippen LogP contribution in [-0.4, -0.2) is 44.7 Å². The van der Waals surface area contributed by atoms with E-state index in [0.29, 0.717) is 30.9 Å². The molecule has 2 heterocycles. The average molecular weight is 395 g/mol. The van der Waals surface area contributed by atoms with E-state index >= 15 is 0 Å². The van der Waals surface area contributed by atoms with Crippen LogP contribution >= 0.6 is 0 Å². The van der Waals surface area contributed by atoms with E-state index in [1.165, 1.54) is 7.11 Å². The number of hydrogen-bond acceptors (Lipinski definition) is 5. The monoisotopic (exact) mass is 395 g/mol. The van der Waals surface area contributed by atoms with Crippen molar-refractivity contribution in [1.82, 2.24) is 4.90 Å². The molecule has 2 aromatic rings. The van der Waals surface area contributed by atoms with Gasteiger partial charge in [-0.15, -0.1) is 0 Å². The van der Waals surface area contributed by atoms with Gasteiger partial charge in [0.2, 0.25) is 5.91 Å². The van der Waals surface area contributed by atoms with Gasteiger partial charge in [-0.1, -0.05) is 30.3 Å². The molecule has 1 fully saturated rings. The largest absolute Gasteiger partial charge is 0.493 e. The van der Waals surface area contributed by atoms with Crippen LogP contribution in [0.15, 0.2) is 42.5 Å². The van der Waals surface area contributed by atoms with E-state index in [1.807, 2.05) is 47.4 Å². The molecule has 1 saturated heterocycles. The van der Waals surface area contributed by atoms with E-state index in [2.05, 4.69) is 0 Å². The summed E-state index contributed by atoms with van der Waals surface area (Å²) in [6.45, 7) is 0.570. The Balaban J connectivity index is 1.79. The highest BCUT2D eigenvalue weighted by molar-refractivity contribution is 6.00. The predicted octanol–water partition coefficient (Wildman–Crippen LogP) is 3.11. The first-order chi connectivity index (χ1) is 14.1. The van der Waals surface area contributed by atoms with Gasteiger partial charge in [0.05, 0.1) is 27.4 Å². The lowest BCUT2D eigenvalue weighted by molar-refractivity contribution is -0.160. The summed E-state index contributed by atoms with van der Waals surface area (Å²) in [5.41, 5.74) is 3.19. The molecule has 0 aromatic heterocycles. The van der Waals surface area contributed by atoms with Crippen LogP contribution in [-0.2, 0) is 20.7 Å². The molecule has 0 spiro atoms. The van der Waals surface area contributed by atoms with Crippen molar-refractivity contribution in [3.05, 3.63) is 59.2 Å². The number of piperidine rings is 1. The van der Waals surface area contributed by atoms with Gasteiger partial charge in [-0.2, -0.15) is 0 Å². The zero-order valence-corrected chi connectivity index (χ0v) is 16.9. The smallest absolute Gasteiger partial charge is 0.318 e. The summed E-state index contributed by atoms with van der Waals surface area (Å²) < 4.78 is 15.9. The van der Waals surface area contributed by atoms with E-state index in [1.54, 1.807) is 14.2 Å². The Hall–Kier alpha value is -3.02. The standard InChI is InChI=1S/C23H25NO5/c1-27-19-11-15-9-10-24-18(16(15)13-20(19)28-2)12-17(14-7-5-4-6-8-14)21(22(24)25)23(26)29-3/h4-8,11,13,17-18,21H,9-10,12H2,1-3H3/t17-,18-,21-/m0/s1. The number of rotatable bonds is 4. The van der Waals surface area contributed by atoms with Crippen LogP contribution in [0, 0.1) is 5.92 Å². The second-order valence-electron chi connectivity index (χ2n) is 7.46. The van der Waals surface area contributed by atoms with E-state index in [-0.39, 0.29) is 17.9 Å². The van der Waals surface area contributed by atoms with Gasteiger partial charge in [-0.05, 0) is 41.7 Å². The van der Waals surface area contributed by atoms with Crippen LogP contribution in [0.25, 0.3) is 0 Å². The van der Waals surface area contributed by atoms with Crippen molar-refractivity contribution in [2.75, 3.05) is 27.9 Å². The minimum Gasteiger partial charge on any atom is -0.493 e. The van der Waals surface area contributed by atoms with Crippen molar-refractivity contribution in [2.24, 2.45) is 5.92 Å². The Bertz CT molecular complexity index is 926. The van der Waals surface area contributed by atoms with Crippen molar-refractivity contribution in [2.45, 2.75) is 24.8 Å². The molecule has 0 saturated carbocycles. The van der Waals surface area contributed by atoms with Crippen LogP contribution < -0.4 is 9.47 Å². The van der Waals surface area contributed by atoms with E-state index < -0.39 is 11.9 Å². The van der Waals surface area contributed by atoms with Crippen molar-refractivity contribution in [1.29, 1.82) is 0 Å². The molecule has 0 radical (unpaired) electrons. The zero-order valence-electron chi connectivity index (χ0n) is 16.9. The van der Waals surface area contributed by atoms with Crippen LogP contribution in [0.2, 0.25) is 0 Å². The molecule has 2 aromatic carbocycles. The van der Waals surface area contributed by atoms with Crippen LogP contribution in [0.4, 0.5) is 0 Å². The minimum atomic E-state index is -0.819. The number of amides is 1. The molecule has 0 N–H and O–H groups in total. The highest BCUT2D eigenvalue weighted by Gasteiger charge is 2.48. The molecule has 3 atom stereocenters. The van der Waals surface area contributed by atoms with Crippen molar-refractivity contribution in [3.8, 4) is 11.5 Å². The van der Waals surface area contributed by atoms with Gasteiger partial charge >= 0.3 is 5.97 Å². The molecular weight excluding hydrogens is 370 g/mol. The predicted molar refractivity (Wildman–Crippen MR) is 107 cm³/mol. The normalized spacial score (nSPS) is 23.1. The maximum Gasteiger partial charge on any atom is 0.318 e. The molecule has 6 heteroatoms. The number of ether oxygens (including phenoxy) is 3. The summed E-state index contributed by atoms with van der Waals surface area (Å²) in [6.07, 6.45) is 1.36. The number of hydrogen-bond donors (Lipinski definition) is 0. The van der Waals surface area contributed by atoms with E-state index in [4.69, 9.17) is 14.2 Å². The van der Waals surface area contributed by atoms with Crippen LogP contribution in [0.3, 0.4) is 0 Å². The lowest BCUT2D eigenvalue weighted by Crippen LogP contribution is -2.51. The topological polar surface area (TPSA) is 65.1 Å². The first kappa shape index (κ1) is 19.3. The highest BCUT2D eigenvalue weighted by atomic mass is 16.5. The second kappa shape index (κ2) is 7.78. The molecule has 6 nitrogen and oxygen atoms in total. The average Bonchev–Trinajstić information content (AvgIpc) is 2.77. The Morgan fingerprint density at radius 1 is 1.03 bits per heavy atom. The Morgan fingerprint density at radius 3 is 2.38 bits per heavy atom. The number of nitrogens with zero attached hydrogens (tertiary/aromatic N) is 1. The van der Waals surface area contributed by atoms with Gasteiger partial charge in [-0.3, -0.25) is 9.59 Å². The SMILES string of the molecule is COC(=O)[C@@H]1C(=O)N2CCc3cc(OC)c(OC)cc3[C@@H]2C[C@H]1c1ccccc1. The van der Waals surface area contributed by atoms with Crippen molar-refractivity contribution in [3.63, 3.8) is 0 Å².